The fourth-order valence-corrected chi connectivity index (χ4v) is 2.90. The highest BCUT2D eigenvalue weighted by atomic mass is 32.1. The van der Waals surface area contributed by atoms with E-state index >= 15 is 0 Å². The molecule has 2 N–H and O–H groups in total. The zero-order valence-corrected chi connectivity index (χ0v) is 10.7. The lowest BCUT2D eigenvalue weighted by Crippen LogP contribution is -2.45. The summed E-state index contributed by atoms with van der Waals surface area (Å²) in [5.41, 5.74) is -0.0910. The summed E-state index contributed by atoms with van der Waals surface area (Å²) in [5, 5.41) is 14.5. The van der Waals surface area contributed by atoms with Crippen LogP contribution in [0.4, 0.5) is 5.82 Å². The first-order valence-corrected chi connectivity index (χ1v) is 6.69. The van der Waals surface area contributed by atoms with Gasteiger partial charge in [0.15, 0.2) is 0 Å². The monoisotopic (exact) mass is 263 g/mol. The minimum absolute atomic E-state index is 0.181. The number of hydrogen-bond donors (Lipinski definition) is 2. The molecule has 18 heavy (non-hydrogen) atoms. The third-order valence-electron chi connectivity index (χ3n) is 3.46. The number of fused-ring (bicyclic) bond motifs is 1. The van der Waals surface area contributed by atoms with Crippen LogP contribution in [0.3, 0.4) is 0 Å². The summed E-state index contributed by atoms with van der Waals surface area (Å²) in [7, 11) is 0. The van der Waals surface area contributed by atoms with Gasteiger partial charge < -0.3 is 10.4 Å². The summed E-state index contributed by atoms with van der Waals surface area (Å²) in [6.07, 6.45) is 3.37. The molecule has 2 heterocycles. The van der Waals surface area contributed by atoms with Gasteiger partial charge >= 0.3 is 5.97 Å². The van der Waals surface area contributed by atoms with E-state index in [-0.39, 0.29) is 5.92 Å². The quantitative estimate of drug-likeness (QED) is 0.885. The van der Waals surface area contributed by atoms with Gasteiger partial charge in [0.1, 0.15) is 17.7 Å². The van der Waals surface area contributed by atoms with Crippen LogP contribution in [0.15, 0.2) is 17.8 Å². The largest absolute Gasteiger partial charge is 0.480 e. The van der Waals surface area contributed by atoms with Crippen LogP contribution in [0.1, 0.15) is 19.8 Å². The summed E-state index contributed by atoms with van der Waals surface area (Å²) in [5.74, 6) is -0.0277. The SMILES string of the molecule is CC(Nc1ncnc2ccsc12)(C(=O)O)C1CC1. The number of carbonyl (C=O) groups is 1. The van der Waals surface area contributed by atoms with E-state index in [0.29, 0.717) is 5.82 Å². The molecule has 2 aromatic rings. The second-order valence-corrected chi connectivity index (χ2v) is 5.68. The molecule has 0 amide bonds. The highest BCUT2D eigenvalue weighted by molar-refractivity contribution is 7.17. The summed E-state index contributed by atoms with van der Waals surface area (Å²) >= 11 is 1.52. The third kappa shape index (κ3) is 1.73. The summed E-state index contributed by atoms with van der Waals surface area (Å²) < 4.78 is 0.908. The molecule has 1 fully saturated rings. The molecule has 1 saturated carbocycles. The number of hydrogen-bond acceptors (Lipinski definition) is 5. The van der Waals surface area contributed by atoms with Crippen LogP contribution in [0, 0.1) is 5.92 Å². The van der Waals surface area contributed by atoms with Crippen molar-refractivity contribution in [2.24, 2.45) is 5.92 Å². The van der Waals surface area contributed by atoms with E-state index in [1.807, 2.05) is 11.4 Å². The number of thiophene rings is 1. The van der Waals surface area contributed by atoms with Crippen LogP contribution in [-0.4, -0.2) is 26.6 Å². The Balaban J connectivity index is 2.00. The molecule has 0 aliphatic heterocycles. The van der Waals surface area contributed by atoms with E-state index in [9.17, 15) is 9.90 Å². The van der Waals surface area contributed by atoms with E-state index < -0.39 is 11.5 Å². The van der Waals surface area contributed by atoms with Crippen molar-refractivity contribution in [2.45, 2.75) is 25.3 Å². The van der Waals surface area contributed by atoms with Crippen LogP contribution in [0.25, 0.3) is 10.2 Å². The summed E-state index contributed by atoms with van der Waals surface area (Å²) in [6.45, 7) is 1.73. The van der Waals surface area contributed by atoms with Crippen LogP contribution in [-0.2, 0) is 4.79 Å². The Morgan fingerprint density at radius 1 is 1.56 bits per heavy atom. The maximum absolute atomic E-state index is 11.5. The van der Waals surface area contributed by atoms with Crippen molar-refractivity contribution in [1.29, 1.82) is 0 Å². The van der Waals surface area contributed by atoms with E-state index in [1.54, 1.807) is 6.92 Å². The molecule has 1 aliphatic rings. The number of carboxylic acid groups (broad SMARTS) is 1. The van der Waals surface area contributed by atoms with Crippen LogP contribution in [0.2, 0.25) is 0 Å². The van der Waals surface area contributed by atoms with Crippen molar-refractivity contribution in [3.05, 3.63) is 17.8 Å². The molecule has 1 unspecified atom stereocenters. The van der Waals surface area contributed by atoms with Crippen molar-refractivity contribution in [2.75, 3.05) is 5.32 Å². The van der Waals surface area contributed by atoms with Gasteiger partial charge in [-0.05, 0) is 37.1 Å². The molecule has 5 nitrogen and oxygen atoms in total. The molecular weight excluding hydrogens is 250 g/mol. The number of rotatable bonds is 4. The smallest absolute Gasteiger partial charge is 0.329 e. The summed E-state index contributed by atoms with van der Waals surface area (Å²) in [4.78, 5) is 19.8. The number of aromatic nitrogens is 2. The molecule has 1 atom stereocenters. The summed E-state index contributed by atoms with van der Waals surface area (Å²) in [6, 6.07) is 1.90. The van der Waals surface area contributed by atoms with Gasteiger partial charge in [-0.1, -0.05) is 0 Å². The number of anilines is 1. The van der Waals surface area contributed by atoms with Gasteiger partial charge in [0.05, 0.1) is 10.2 Å². The maximum Gasteiger partial charge on any atom is 0.329 e. The van der Waals surface area contributed by atoms with Crippen molar-refractivity contribution < 1.29 is 9.90 Å². The first kappa shape index (κ1) is 11.4. The van der Waals surface area contributed by atoms with Crippen molar-refractivity contribution in [1.82, 2.24) is 9.97 Å². The normalized spacial score (nSPS) is 18.5. The lowest BCUT2D eigenvalue weighted by atomic mass is 9.96. The molecule has 0 spiro atoms. The second-order valence-electron chi connectivity index (χ2n) is 4.76. The third-order valence-corrected chi connectivity index (χ3v) is 4.37. The Morgan fingerprint density at radius 2 is 2.33 bits per heavy atom. The van der Waals surface area contributed by atoms with Gasteiger partial charge in [0.25, 0.3) is 0 Å². The molecule has 0 saturated heterocycles. The lowest BCUT2D eigenvalue weighted by Gasteiger charge is -2.26. The first-order valence-electron chi connectivity index (χ1n) is 5.81. The Labute approximate surface area is 108 Å². The lowest BCUT2D eigenvalue weighted by molar-refractivity contribution is -0.142. The average Bonchev–Trinajstić information content (AvgIpc) is 3.08. The Kier molecular flexibility index (Phi) is 2.48. The first-order chi connectivity index (χ1) is 8.61. The van der Waals surface area contributed by atoms with Crippen molar-refractivity contribution in [3.8, 4) is 0 Å². The molecule has 6 heteroatoms. The highest BCUT2D eigenvalue weighted by Crippen LogP contribution is 2.42. The van der Waals surface area contributed by atoms with E-state index in [1.165, 1.54) is 17.7 Å². The van der Waals surface area contributed by atoms with Gasteiger partial charge in [-0.3, -0.25) is 0 Å². The average molecular weight is 263 g/mol. The minimum Gasteiger partial charge on any atom is -0.480 e. The van der Waals surface area contributed by atoms with Crippen molar-refractivity contribution in [3.63, 3.8) is 0 Å². The maximum atomic E-state index is 11.5. The molecule has 2 aromatic heterocycles. The Morgan fingerprint density at radius 3 is 3.00 bits per heavy atom. The zero-order valence-electron chi connectivity index (χ0n) is 9.88. The van der Waals surface area contributed by atoms with E-state index in [0.717, 1.165) is 23.1 Å². The minimum atomic E-state index is -0.939. The van der Waals surface area contributed by atoms with Gasteiger partial charge in [-0.25, -0.2) is 14.8 Å². The molecule has 0 aromatic carbocycles. The van der Waals surface area contributed by atoms with Gasteiger partial charge in [-0.15, -0.1) is 11.3 Å². The van der Waals surface area contributed by atoms with E-state index in [4.69, 9.17) is 0 Å². The van der Waals surface area contributed by atoms with Crippen LogP contribution >= 0.6 is 11.3 Å². The predicted molar refractivity (Wildman–Crippen MR) is 69.8 cm³/mol. The Bertz CT molecular complexity index is 608. The fourth-order valence-electron chi connectivity index (χ4n) is 2.11. The molecule has 3 rings (SSSR count). The van der Waals surface area contributed by atoms with E-state index in [2.05, 4.69) is 15.3 Å². The number of carboxylic acids is 1. The fraction of sp³-hybridized carbons (Fsp3) is 0.417. The number of nitrogens with zero attached hydrogens (tertiary/aromatic N) is 2. The number of aliphatic carboxylic acids is 1. The molecule has 94 valence electrons. The standard InChI is InChI=1S/C12H13N3O2S/c1-12(11(16)17,7-2-3-7)15-10-9-8(4-5-18-9)13-6-14-10/h4-7H,2-3H2,1H3,(H,16,17)(H,13,14,15). The molecular formula is C12H13N3O2S. The molecule has 0 bridgehead atoms. The molecule has 1 aliphatic carbocycles. The van der Waals surface area contributed by atoms with Crippen LogP contribution < -0.4 is 5.32 Å². The topological polar surface area (TPSA) is 75.1 Å². The Hall–Kier alpha value is -1.69. The molecule has 0 radical (unpaired) electrons. The second kappa shape index (κ2) is 3.91. The zero-order chi connectivity index (χ0) is 12.8. The van der Waals surface area contributed by atoms with Gasteiger partial charge in [0, 0.05) is 0 Å². The van der Waals surface area contributed by atoms with Crippen molar-refractivity contribution >= 4 is 33.3 Å². The van der Waals surface area contributed by atoms with Gasteiger partial charge in [-0.2, -0.15) is 0 Å². The van der Waals surface area contributed by atoms with Gasteiger partial charge in [0.2, 0.25) is 0 Å². The van der Waals surface area contributed by atoms with Crippen LogP contribution in [0.5, 0.6) is 0 Å². The number of nitrogens with one attached hydrogen (secondary N) is 1. The highest BCUT2D eigenvalue weighted by Gasteiger charge is 2.48. The predicted octanol–water partition coefficient (Wildman–Crippen LogP) is 2.36.